The van der Waals surface area contributed by atoms with Crippen molar-refractivity contribution in [1.29, 1.82) is 0 Å². The predicted octanol–water partition coefficient (Wildman–Crippen LogP) is 1.28. The number of carbonyl (C=O) groups excluding carboxylic acids is 3. The van der Waals surface area contributed by atoms with Gasteiger partial charge in [0.05, 0.1) is 38.2 Å². The second-order valence-corrected chi connectivity index (χ2v) is 8.53. The summed E-state index contributed by atoms with van der Waals surface area (Å²) in [6, 6.07) is 7.31. The lowest BCUT2D eigenvalue weighted by molar-refractivity contribution is -0.141. The van der Waals surface area contributed by atoms with Gasteiger partial charge < -0.3 is 28.9 Å². The van der Waals surface area contributed by atoms with Crippen LogP contribution in [0.15, 0.2) is 36.4 Å². The van der Waals surface area contributed by atoms with Gasteiger partial charge in [-0.05, 0) is 31.2 Å². The number of nitrogens with zero attached hydrogens (tertiary/aromatic N) is 3. The van der Waals surface area contributed by atoms with Crippen molar-refractivity contribution in [2.45, 2.75) is 18.6 Å². The highest BCUT2D eigenvalue weighted by Gasteiger charge is 2.67. The second kappa shape index (κ2) is 7.81. The van der Waals surface area contributed by atoms with Crippen LogP contribution in [0.25, 0.3) is 0 Å². The van der Waals surface area contributed by atoms with Crippen molar-refractivity contribution in [1.82, 2.24) is 9.80 Å². The Hall–Kier alpha value is -3.07. The topological polar surface area (TPSA) is 88.6 Å². The summed E-state index contributed by atoms with van der Waals surface area (Å²) in [7, 11) is 1.60. The summed E-state index contributed by atoms with van der Waals surface area (Å²) < 4.78 is 16.5. The number of hydrogen-bond donors (Lipinski definition) is 0. The number of piperazine rings is 1. The summed E-state index contributed by atoms with van der Waals surface area (Å²) in [6.45, 7) is 4.14. The molecule has 1 aromatic carbocycles. The van der Waals surface area contributed by atoms with Crippen molar-refractivity contribution < 1.29 is 28.6 Å². The van der Waals surface area contributed by atoms with E-state index in [-0.39, 0.29) is 17.9 Å². The zero-order valence-electron chi connectivity index (χ0n) is 18.2. The fourth-order valence-electron chi connectivity index (χ4n) is 5.30. The van der Waals surface area contributed by atoms with Gasteiger partial charge in [-0.15, -0.1) is 0 Å². The number of carbonyl (C=O) groups is 3. The van der Waals surface area contributed by atoms with Crippen LogP contribution >= 0.6 is 0 Å². The molecule has 5 rings (SSSR count). The number of hydrogen-bond acceptors (Lipinski definition) is 6. The molecule has 3 saturated heterocycles. The first kappa shape index (κ1) is 20.8. The molecule has 0 aromatic heterocycles. The summed E-state index contributed by atoms with van der Waals surface area (Å²) in [5.74, 6) is -0.559. The van der Waals surface area contributed by atoms with E-state index in [0.29, 0.717) is 45.1 Å². The monoisotopic (exact) mass is 441 g/mol. The van der Waals surface area contributed by atoms with Gasteiger partial charge in [-0.25, -0.2) is 4.79 Å². The molecule has 9 nitrogen and oxygen atoms in total. The van der Waals surface area contributed by atoms with Gasteiger partial charge in [0.2, 0.25) is 11.8 Å². The van der Waals surface area contributed by atoms with Gasteiger partial charge >= 0.3 is 6.09 Å². The minimum Gasteiger partial charge on any atom is -0.497 e. The van der Waals surface area contributed by atoms with Crippen LogP contribution in [0, 0.1) is 11.8 Å². The van der Waals surface area contributed by atoms with Crippen LogP contribution < -0.4 is 9.64 Å². The van der Waals surface area contributed by atoms with Crippen molar-refractivity contribution >= 4 is 23.6 Å². The first-order valence-electron chi connectivity index (χ1n) is 11.0. The van der Waals surface area contributed by atoms with E-state index in [9.17, 15) is 14.4 Å². The molecule has 4 aliphatic heterocycles. The smallest absolute Gasteiger partial charge is 0.409 e. The van der Waals surface area contributed by atoms with Crippen LogP contribution in [-0.4, -0.2) is 85.9 Å². The quantitative estimate of drug-likeness (QED) is 0.654. The number of benzene rings is 1. The Bertz CT molecular complexity index is 955. The third kappa shape index (κ3) is 3.14. The van der Waals surface area contributed by atoms with E-state index in [2.05, 4.69) is 0 Å². The maximum atomic E-state index is 13.5. The predicted molar refractivity (Wildman–Crippen MR) is 114 cm³/mol. The molecule has 3 amide bonds. The highest BCUT2D eigenvalue weighted by Crippen LogP contribution is 2.53. The zero-order chi connectivity index (χ0) is 22.5. The van der Waals surface area contributed by atoms with E-state index in [1.807, 2.05) is 36.4 Å². The highest BCUT2D eigenvalue weighted by molar-refractivity contribution is 6.03. The lowest BCUT2D eigenvalue weighted by Crippen LogP contribution is -2.54. The van der Waals surface area contributed by atoms with E-state index in [1.54, 1.807) is 28.7 Å². The highest BCUT2D eigenvalue weighted by atomic mass is 16.6. The van der Waals surface area contributed by atoms with Gasteiger partial charge in [0, 0.05) is 31.9 Å². The summed E-state index contributed by atoms with van der Waals surface area (Å²) in [4.78, 5) is 44.0. The average Bonchev–Trinajstić information content (AvgIpc) is 3.47. The van der Waals surface area contributed by atoms with E-state index < -0.39 is 23.5 Å². The van der Waals surface area contributed by atoms with Crippen molar-refractivity contribution in [2.75, 3.05) is 51.3 Å². The fraction of sp³-hybridized carbons (Fsp3) is 0.522. The van der Waals surface area contributed by atoms with Gasteiger partial charge in [-0.3, -0.25) is 9.59 Å². The molecule has 1 aromatic rings. The molecule has 4 heterocycles. The van der Waals surface area contributed by atoms with Gasteiger partial charge in [0.1, 0.15) is 11.4 Å². The van der Waals surface area contributed by atoms with Crippen LogP contribution in [0.5, 0.6) is 5.75 Å². The third-order valence-electron chi connectivity index (χ3n) is 6.89. The standard InChI is InChI=1S/C23H27N3O6/c1-3-31-22(29)25-12-10-24(11-13-25)20(27)18-17-8-9-23(32-17)14-26(21(28)19(18)23)15-4-6-16(30-2)7-5-15/h4-9,17-19H,3,10-14H2,1-2H3/t17-,18+,19-,23+/m1/s1. The summed E-state index contributed by atoms with van der Waals surface area (Å²) >= 11 is 0. The molecule has 170 valence electrons. The van der Waals surface area contributed by atoms with Gasteiger partial charge in [0.15, 0.2) is 0 Å². The molecule has 32 heavy (non-hydrogen) atoms. The number of methoxy groups -OCH3 is 1. The van der Waals surface area contributed by atoms with Crippen LogP contribution in [0.2, 0.25) is 0 Å². The van der Waals surface area contributed by atoms with Crippen molar-refractivity contribution in [2.24, 2.45) is 11.8 Å². The lowest BCUT2D eigenvalue weighted by atomic mass is 9.76. The maximum absolute atomic E-state index is 13.5. The number of rotatable bonds is 4. The lowest BCUT2D eigenvalue weighted by Gasteiger charge is -2.36. The van der Waals surface area contributed by atoms with Crippen LogP contribution in [-0.2, 0) is 19.1 Å². The Kier molecular flexibility index (Phi) is 5.08. The number of amides is 3. The van der Waals surface area contributed by atoms with E-state index >= 15 is 0 Å². The second-order valence-electron chi connectivity index (χ2n) is 8.53. The minimum atomic E-state index is -0.769. The molecular weight excluding hydrogens is 414 g/mol. The Balaban J connectivity index is 1.32. The van der Waals surface area contributed by atoms with Gasteiger partial charge in [-0.2, -0.15) is 0 Å². The molecule has 4 atom stereocenters. The van der Waals surface area contributed by atoms with Crippen molar-refractivity contribution in [3.05, 3.63) is 36.4 Å². The van der Waals surface area contributed by atoms with E-state index in [1.165, 1.54) is 0 Å². The molecule has 3 fully saturated rings. The SMILES string of the molecule is CCOC(=O)N1CCN(C(=O)[C@H]2[C@H]3C=C[C@@]4(CN(c5ccc(OC)cc5)C(=O)[C@@H]24)O3)CC1. The molecule has 4 aliphatic rings. The first-order chi connectivity index (χ1) is 15.5. The molecular formula is C23H27N3O6. The molecule has 0 aliphatic carbocycles. The minimum absolute atomic E-state index is 0.0836. The molecule has 0 radical (unpaired) electrons. The Morgan fingerprint density at radius 2 is 1.81 bits per heavy atom. The van der Waals surface area contributed by atoms with Gasteiger partial charge in [0.25, 0.3) is 0 Å². The number of ether oxygens (including phenoxy) is 3. The zero-order valence-corrected chi connectivity index (χ0v) is 18.2. The molecule has 1 spiro atoms. The fourth-order valence-corrected chi connectivity index (χ4v) is 5.30. The molecule has 9 heteroatoms. The van der Waals surface area contributed by atoms with E-state index in [4.69, 9.17) is 14.2 Å². The Morgan fingerprint density at radius 1 is 1.12 bits per heavy atom. The number of fused-ring (bicyclic) bond motifs is 1. The van der Waals surface area contributed by atoms with Gasteiger partial charge in [-0.1, -0.05) is 12.2 Å². The first-order valence-corrected chi connectivity index (χ1v) is 11.0. The molecule has 0 saturated carbocycles. The molecule has 0 unspecified atom stereocenters. The Morgan fingerprint density at radius 3 is 2.47 bits per heavy atom. The maximum Gasteiger partial charge on any atom is 0.409 e. The molecule has 2 bridgehead atoms. The van der Waals surface area contributed by atoms with E-state index in [0.717, 1.165) is 5.69 Å². The Labute approximate surface area is 186 Å². The van der Waals surface area contributed by atoms with Crippen LogP contribution in [0.1, 0.15) is 6.92 Å². The van der Waals surface area contributed by atoms with Crippen LogP contribution in [0.4, 0.5) is 10.5 Å². The summed E-state index contributed by atoms with van der Waals surface area (Å²) in [5, 5.41) is 0. The normalized spacial score (nSPS) is 30.6. The van der Waals surface area contributed by atoms with Crippen molar-refractivity contribution in [3.8, 4) is 5.75 Å². The number of anilines is 1. The average molecular weight is 441 g/mol. The summed E-state index contributed by atoms with van der Waals surface area (Å²) in [5.41, 5.74) is -0.0105. The van der Waals surface area contributed by atoms with Crippen molar-refractivity contribution in [3.63, 3.8) is 0 Å². The third-order valence-corrected chi connectivity index (χ3v) is 6.89. The summed E-state index contributed by atoms with van der Waals surface area (Å²) in [6.07, 6.45) is 3.12. The largest absolute Gasteiger partial charge is 0.497 e. The molecule has 0 N–H and O–H groups in total. The van der Waals surface area contributed by atoms with Crippen LogP contribution in [0.3, 0.4) is 0 Å².